The molecule has 3 aromatic rings. The molecule has 1 aliphatic heterocycles. The van der Waals surface area contributed by atoms with Crippen LogP contribution in [0.5, 0.6) is 5.75 Å². The highest BCUT2D eigenvalue weighted by Crippen LogP contribution is 2.34. The van der Waals surface area contributed by atoms with Crippen LogP contribution in [-0.2, 0) is 11.2 Å². The summed E-state index contributed by atoms with van der Waals surface area (Å²) >= 11 is 1.67. The summed E-state index contributed by atoms with van der Waals surface area (Å²) in [5, 5.41) is 2.03. The maximum Gasteiger partial charge on any atom is 0.290 e. The third kappa shape index (κ3) is 5.50. The van der Waals surface area contributed by atoms with Gasteiger partial charge in [-0.15, -0.1) is 11.3 Å². The molecular formula is C26H29FN2O4S. The normalized spacial score (nSPS) is 16.1. The topological polar surface area (TPSA) is 63.0 Å². The SMILES string of the molecule is CC[C@H](C)CN(CC(=O)N1CCc2sccc2[C@H]1COc1ccc(F)cc1)C(=O)c1ccco1. The number of hydrogen-bond acceptors (Lipinski definition) is 5. The summed E-state index contributed by atoms with van der Waals surface area (Å²) in [4.78, 5) is 31.2. The zero-order chi connectivity index (χ0) is 24.1. The van der Waals surface area contributed by atoms with Crippen molar-refractivity contribution in [1.29, 1.82) is 0 Å². The second kappa shape index (κ2) is 10.9. The molecule has 0 unspecified atom stereocenters. The van der Waals surface area contributed by atoms with Crippen molar-refractivity contribution in [2.24, 2.45) is 5.92 Å². The van der Waals surface area contributed by atoms with Gasteiger partial charge in [0, 0.05) is 18.0 Å². The number of halogens is 1. The van der Waals surface area contributed by atoms with E-state index in [0.717, 1.165) is 18.4 Å². The summed E-state index contributed by atoms with van der Waals surface area (Å²) in [6, 6.07) is 10.9. The zero-order valence-corrected chi connectivity index (χ0v) is 20.2. The fourth-order valence-corrected chi connectivity index (χ4v) is 5.04. The largest absolute Gasteiger partial charge is 0.491 e. The van der Waals surface area contributed by atoms with Gasteiger partial charge < -0.3 is 19.0 Å². The van der Waals surface area contributed by atoms with Crippen LogP contribution in [0, 0.1) is 11.7 Å². The average Bonchev–Trinajstić information content (AvgIpc) is 3.54. The summed E-state index contributed by atoms with van der Waals surface area (Å²) < 4.78 is 24.5. The van der Waals surface area contributed by atoms with Crippen LogP contribution in [0.1, 0.15) is 47.3 Å². The summed E-state index contributed by atoms with van der Waals surface area (Å²) in [7, 11) is 0. The molecule has 0 radical (unpaired) electrons. The van der Waals surface area contributed by atoms with Gasteiger partial charge in [0.2, 0.25) is 5.91 Å². The number of ether oxygens (including phenoxy) is 1. The summed E-state index contributed by atoms with van der Waals surface area (Å²) in [5.41, 5.74) is 1.07. The van der Waals surface area contributed by atoms with Crippen LogP contribution in [0.3, 0.4) is 0 Å². The maximum absolute atomic E-state index is 13.6. The number of carbonyl (C=O) groups excluding carboxylic acids is 2. The smallest absolute Gasteiger partial charge is 0.290 e. The van der Waals surface area contributed by atoms with Crippen molar-refractivity contribution in [3.8, 4) is 5.75 Å². The van der Waals surface area contributed by atoms with Gasteiger partial charge in [-0.2, -0.15) is 0 Å². The fraction of sp³-hybridized carbons (Fsp3) is 0.385. The molecule has 0 spiro atoms. The molecule has 1 aromatic carbocycles. The van der Waals surface area contributed by atoms with E-state index < -0.39 is 0 Å². The Morgan fingerprint density at radius 2 is 2.06 bits per heavy atom. The second-order valence-electron chi connectivity index (χ2n) is 8.59. The van der Waals surface area contributed by atoms with Crippen molar-refractivity contribution in [3.63, 3.8) is 0 Å². The number of nitrogens with zero attached hydrogens (tertiary/aromatic N) is 2. The van der Waals surface area contributed by atoms with Gasteiger partial charge >= 0.3 is 0 Å². The molecule has 34 heavy (non-hydrogen) atoms. The average molecular weight is 485 g/mol. The minimum atomic E-state index is -0.329. The van der Waals surface area contributed by atoms with E-state index in [0.29, 0.717) is 18.8 Å². The van der Waals surface area contributed by atoms with Gasteiger partial charge in [0.05, 0.1) is 12.3 Å². The lowest BCUT2D eigenvalue weighted by atomic mass is 10.00. The molecule has 0 fully saturated rings. The van der Waals surface area contributed by atoms with Crippen molar-refractivity contribution in [2.75, 3.05) is 26.2 Å². The van der Waals surface area contributed by atoms with Gasteiger partial charge in [-0.05, 0) is 65.7 Å². The molecule has 6 nitrogen and oxygen atoms in total. The fourth-order valence-electron chi connectivity index (χ4n) is 4.12. The van der Waals surface area contributed by atoms with Crippen LogP contribution in [0.4, 0.5) is 4.39 Å². The number of thiophene rings is 1. The van der Waals surface area contributed by atoms with Crippen LogP contribution in [0.15, 0.2) is 58.5 Å². The number of carbonyl (C=O) groups is 2. The molecule has 8 heteroatoms. The number of fused-ring (bicyclic) bond motifs is 1. The molecule has 180 valence electrons. The maximum atomic E-state index is 13.6. The second-order valence-corrected chi connectivity index (χ2v) is 9.59. The Balaban J connectivity index is 1.52. The Labute approximate surface area is 202 Å². The van der Waals surface area contributed by atoms with Gasteiger partial charge in [0.25, 0.3) is 5.91 Å². The van der Waals surface area contributed by atoms with Crippen LogP contribution in [0.2, 0.25) is 0 Å². The van der Waals surface area contributed by atoms with E-state index in [4.69, 9.17) is 9.15 Å². The summed E-state index contributed by atoms with van der Waals surface area (Å²) in [6.07, 6.45) is 3.12. The predicted molar refractivity (Wildman–Crippen MR) is 128 cm³/mol. The molecule has 0 saturated carbocycles. The number of hydrogen-bond donors (Lipinski definition) is 0. The van der Waals surface area contributed by atoms with E-state index in [2.05, 4.69) is 13.8 Å². The molecule has 2 aromatic heterocycles. The Bertz CT molecular complexity index is 1100. The van der Waals surface area contributed by atoms with Gasteiger partial charge in [-0.1, -0.05) is 20.3 Å². The third-order valence-electron chi connectivity index (χ3n) is 6.21. The lowest BCUT2D eigenvalue weighted by Gasteiger charge is -2.37. The van der Waals surface area contributed by atoms with Gasteiger partial charge in [0.15, 0.2) is 5.76 Å². The van der Waals surface area contributed by atoms with E-state index in [-0.39, 0.29) is 48.5 Å². The van der Waals surface area contributed by atoms with Crippen molar-refractivity contribution < 1.29 is 23.1 Å². The third-order valence-corrected chi connectivity index (χ3v) is 7.21. The first kappa shape index (κ1) is 24.0. The summed E-state index contributed by atoms with van der Waals surface area (Å²) in [5.74, 6) is 0.270. The highest BCUT2D eigenvalue weighted by Gasteiger charge is 2.34. The lowest BCUT2D eigenvalue weighted by molar-refractivity contribution is -0.135. The molecule has 1 aliphatic rings. The van der Waals surface area contributed by atoms with Crippen LogP contribution >= 0.6 is 11.3 Å². The molecule has 0 saturated heterocycles. The zero-order valence-electron chi connectivity index (χ0n) is 19.4. The first-order chi connectivity index (χ1) is 16.5. The molecule has 0 bridgehead atoms. The van der Waals surface area contributed by atoms with E-state index >= 15 is 0 Å². The molecule has 3 heterocycles. The molecule has 0 N–H and O–H groups in total. The Kier molecular flexibility index (Phi) is 7.67. The standard InChI is InChI=1S/C26H29FN2O4S/c1-3-18(2)15-28(26(31)23-5-4-13-32-23)16-25(30)29-12-10-24-21(11-14-34-24)22(29)17-33-20-8-6-19(27)7-9-20/h4-9,11,13-14,18,22H,3,10,12,15-17H2,1-2H3/t18-,22+/m0/s1. The molecule has 2 atom stereocenters. The van der Waals surface area contributed by atoms with Crippen molar-refractivity contribution in [2.45, 2.75) is 32.7 Å². The Hall–Kier alpha value is -3.13. The first-order valence-electron chi connectivity index (χ1n) is 11.5. The first-order valence-corrected chi connectivity index (χ1v) is 12.4. The minimum Gasteiger partial charge on any atom is -0.491 e. The molecular weight excluding hydrogens is 455 g/mol. The quantitative estimate of drug-likeness (QED) is 0.420. The van der Waals surface area contributed by atoms with Crippen LogP contribution in [-0.4, -0.2) is 47.9 Å². The minimum absolute atomic E-state index is 0.0314. The Morgan fingerprint density at radius 3 is 2.76 bits per heavy atom. The van der Waals surface area contributed by atoms with Crippen molar-refractivity contribution in [1.82, 2.24) is 9.80 Å². The van der Waals surface area contributed by atoms with E-state index in [1.807, 2.05) is 11.4 Å². The van der Waals surface area contributed by atoms with Gasteiger partial charge in [0.1, 0.15) is 24.7 Å². The lowest BCUT2D eigenvalue weighted by Crippen LogP contribution is -2.48. The van der Waals surface area contributed by atoms with E-state index in [1.54, 1.807) is 45.4 Å². The van der Waals surface area contributed by atoms with Crippen LogP contribution < -0.4 is 4.74 Å². The highest BCUT2D eigenvalue weighted by atomic mass is 32.1. The Morgan fingerprint density at radius 1 is 1.26 bits per heavy atom. The molecule has 0 aliphatic carbocycles. The monoisotopic (exact) mass is 484 g/mol. The van der Waals surface area contributed by atoms with Crippen LogP contribution in [0.25, 0.3) is 0 Å². The highest BCUT2D eigenvalue weighted by molar-refractivity contribution is 7.10. The van der Waals surface area contributed by atoms with E-state index in [9.17, 15) is 14.0 Å². The van der Waals surface area contributed by atoms with Gasteiger partial charge in [-0.3, -0.25) is 9.59 Å². The summed E-state index contributed by atoms with van der Waals surface area (Å²) in [6.45, 7) is 5.36. The molecule has 4 rings (SSSR count). The molecule has 2 amide bonds. The van der Waals surface area contributed by atoms with E-state index in [1.165, 1.54) is 23.3 Å². The predicted octanol–water partition coefficient (Wildman–Crippen LogP) is 5.17. The number of benzene rings is 1. The number of rotatable bonds is 9. The van der Waals surface area contributed by atoms with Crippen molar-refractivity contribution >= 4 is 23.2 Å². The number of amides is 2. The van der Waals surface area contributed by atoms with Gasteiger partial charge in [-0.25, -0.2) is 4.39 Å². The number of furan rings is 1. The van der Waals surface area contributed by atoms with Crippen molar-refractivity contribution in [3.05, 3.63) is 76.1 Å².